The van der Waals surface area contributed by atoms with Gasteiger partial charge >= 0.3 is 0 Å². The average molecular weight is 377 g/mol. The Kier molecular flexibility index (Phi) is 6.13. The van der Waals surface area contributed by atoms with Crippen LogP contribution in [-0.2, 0) is 16.0 Å². The molecule has 0 aliphatic carbocycles. The number of morpholine rings is 1. The molecule has 0 bridgehead atoms. The van der Waals surface area contributed by atoms with E-state index in [4.69, 9.17) is 14.2 Å². The molecule has 1 amide bonds. The van der Waals surface area contributed by atoms with Crippen molar-refractivity contribution in [3.8, 4) is 11.5 Å². The Morgan fingerprint density at radius 1 is 1.31 bits per heavy atom. The summed E-state index contributed by atoms with van der Waals surface area (Å²) in [6.07, 6.45) is -0.131. The highest BCUT2D eigenvalue weighted by atomic mass is 32.1. The van der Waals surface area contributed by atoms with Crippen LogP contribution in [0.15, 0.2) is 35.7 Å². The second-order valence-corrected chi connectivity index (χ2v) is 7.03. The molecule has 0 radical (unpaired) electrons. The van der Waals surface area contributed by atoms with Gasteiger partial charge in [-0.25, -0.2) is 0 Å². The van der Waals surface area contributed by atoms with Crippen molar-refractivity contribution < 1.29 is 24.1 Å². The van der Waals surface area contributed by atoms with Gasteiger partial charge in [0.15, 0.2) is 11.5 Å². The van der Waals surface area contributed by atoms with Crippen molar-refractivity contribution >= 4 is 17.2 Å². The molecule has 6 nitrogen and oxygen atoms in total. The lowest BCUT2D eigenvalue weighted by Gasteiger charge is -2.41. The number of aliphatic hydroxyl groups is 1. The first-order valence-electron chi connectivity index (χ1n) is 8.44. The summed E-state index contributed by atoms with van der Waals surface area (Å²) in [6.45, 7) is 0.729. The molecule has 1 N–H and O–H groups in total. The Morgan fingerprint density at radius 2 is 2.12 bits per heavy atom. The zero-order valence-corrected chi connectivity index (χ0v) is 15.7. The summed E-state index contributed by atoms with van der Waals surface area (Å²) in [6, 6.07) is 9.05. The van der Waals surface area contributed by atoms with Gasteiger partial charge in [0.1, 0.15) is 6.10 Å². The summed E-state index contributed by atoms with van der Waals surface area (Å²) in [5.41, 5.74) is 0.848. The molecule has 1 aromatic carbocycles. The van der Waals surface area contributed by atoms with E-state index in [1.165, 1.54) is 0 Å². The third-order valence-corrected chi connectivity index (χ3v) is 5.38. The molecular formula is C19H23NO5S. The van der Waals surface area contributed by atoms with Crippen molar-refractivity contribution in [2.24, 2.45) is 0 Å². The fourth-order valence-electron chi connectivity index (χ4n) is 3.26. The lowest BCUT2D eigenvalue weighted by Crippen LogP contribution is -2.49. The maximum absolute atomic E-state index is 12.9. The maximum atomic E-state index is 12.9. The maximum Gasteiger partial charge on any atom is 0.228 e. The van der Waals surface area contributed by atoms with Crippen molar-refractivity contribution in [1.29, 1.82) is 0 Å². The number of aliphatic hydroxyl groups excluding tert-OH is 1. The summed E-state index contributed by atoms with van der Waals surface area (Å²) in [5, 5.41) is 11.8. The topological polar surface area (TPSA) is 68.2 Å². The minimum absolute atomic E-state index is 0.0222. The number of carbonyl (C=O) groups excluding carboxylic acids is 1. The highest BCUT2D eigenvalue weighted by Gasteiger charge is 2.36. The fourth-order valence-corrected chi connectivity index (χ4v) is 3.96. The molecule has 3 rings (SSSR count). The predicted molar refractivity (Wildman–Crippen MR) is 98.8 cm³/mol. The minimum Gasteiger partial charge on any atom is -0.493 e. The highest BCUT2D eigenvalue weighted by molar-refractivity contribution is 7.10. The highest BCUT2D eigenvalue weighted by Crippen LogP contribution is 2.36. The fraction of sp³-hybridized carbons (Fsp3) is 0.421. The number of methoxy groups -OCH3 is 2. The van der Waals surface area contributed by atoms with E-state index in [9.17, 15) is 9.90 Å². The molecule has 0 saturated carbocycles. The van der Waals surface area contributed by atoms with Crippen LogP contribution in [0.3, 0.4) is 0 Å². The summed E-state index contributed by atoms with van der Waals surface area (Å²) in [7, 11) is 3.15. The number of hydrogen-bond acceptors (Lipinski definition) is 6. The SMILES string of the molecule is COc1ccc([C@@H]2[C@@H](CO)OCCN2C(=O)Cc2cccs2)cc1OC. The van der Waals surface area contributed by atoms with Gasteiger partial charge < -0.3 is 24.2 Å². The third kappa shape index (κ3) is 3.85. The second-order valence-electron chi connectivity index (χ2n) is 5.99. The first-order chi connectivity index (χ1) is 12.7. The van der Waals surface area contributed by atoms with Crippen LogP contribution >= 0.6 is 11.3 Å². The normalized spacial score (nSPS) is 20.0. The number of rotatable bonds is 6. The van der Waals surface area contributed by atoms with E-state index >= 15 is 0 Å². The van der Waals surface area contributed by atoms with E-state index in [0.29, 0.717) is 31.1 Å². The molecule has 1 fully saturated rings. The molecule has 140 valence electrons. The number of carbonyl (C=O) groups is 1. The molecular weight excluding hydrogens is 354 g/mol. The van der Waals surface area contributed by atoms with E-state index < -0.39 is 6.10 Å². The summed E-state index contributed by atoms with van der Waals surface area (Å²) in [5.74, 6) is 1.22. The van der Waals surface area contributed by atoms with Crippen LogP contribution in [-0.4, -0.2) is 56.0 Å². The lowest BCUT2D eigenvalue weighted by molar-refractivity contribution is -0.149. The van der Waals surface area contributed by atoms with Crippen LogP contribution in [0, 0.1) is 0 Å². The van der Waals surface area contributed by atoms with Crippen LogP contribution < -0.4 is 9.47 Å². The Bertz CT molecular complexity index is 734. The Balaban J connectivity index is 1.91. The van der Waals surface area contributed by atoms with Crippen LogP contribution in [0.25, 0.3) is 0 Å². The quantitative estimate of drug-likeness (QED) is 0.836. The van der Waals surface area contributed by atoms with Crippen molar-refractivity contribution in [3.63, 3.8) is 0 Å². The van der Waals surface area contributed by atoms with Gasteiger partial charge in [0.2, 0.25) is 5.91 Å². The van der Waals surface area contributed by atoms with Crippen LogP contribution in [0.2, 0.25) is 0 Å². The van der Waals surface area contributed by atoms with E-state index in [1.807, 2.05) is 29.6 Å². The van der Waals surface area contributed by atoms with Gasteiger partial charge in [0.25, 0.3) is 0 Å². The van der Waals surface area contributed by atoms with Crippen molar-refractivity contribution in [2.45, 2.75) is 18.6 Å². The smallest absolute Gasteiger partial charge is 0.228 e. The first-order valence-corrected chi connectivity index (χ1v) is 9.32. The van der Waals surface area contributed by atoms with Gasteiger partial charge in [-0.3, -0.25) is 4.79 Å². The van der Waals surface area contributed by atoms with Crippen molar-refractivity contribution in [3.05, 3.63) is 46.2 Å². The number of benzene rings is 1. The largest absolute Gasteiger partial charge is 0.493 e. The lowest BCUT2D eigenvalue weighted by atomic mass is 9.97. The van der Waals surface area contributed by atoms with Crippen molar-refractivity contribution in [1.82, 2.24) is 4.90 Å². The molecule has 26 heavy (non-hydrogen) atoms. The molecule has 1 saturated heterocycles. The molecule has 1 aliphatic rings. The number of nitrogens with zero attached hydrogens (tertiary/aromatic N) is 1. The first kappa shape index (κ1) is 18.7. The summed E-state index contributed by atoms with van der Waals surface area (Å²) >= 11 is 1.57. The van der Waals surface area contributed by atoms with Gasteiger partial charge in [0, 0.05) is 11.4 Å². The van der Waals surface area contributed by atoms with Gasteiger partial charge in [-0.2, -0.15) is 0 Å². The predicted octanol–water partition coefficient (Wildman–Crippen LogP) is 2.27. The van der Waals surface area contributed by atoms with E-state index in [2.05, 4.69) is 0 Å². The Morgan fingerprint density at radius 3 is 2.77 bits per heavy atom. The molecule has 2 atom stereocenters. The zero-order valence-electron chi connectivity index (χ0n) is 14.9. The molecule has 1 aliphatic heterocycles. The number of thiophene rings is 1. The molecule has 2 aromatic rings. The molecule has 0 spiro atoms. The third-order valence-electron chi connectivity index (χ3n) is 4.51. The molecule has 1 aromatic heterocycles. The summed E-state index contributed by atoms with van der Waals surface area (Å²) in [4.78, 5) is 15.7. The minimum atomic E-state index is -0.478. The number of amides is 1. The zero-order chi connectivity index (χ0) is 18.5. The van der Waals surface area contributed by atoms with E-state index in [0.717, 1.165) is 10.4 Å². The summed E-state index contributed by atoms with van der Waals surface area (Å²) < 4.78 is 16.4. The van der Waals surface area contributed by atoms with Gasteiger partial charge in [-0.1, -0.05) is 12.1 Å². The van der Waals surface area contributed by atoms with Crippen molar-refractivity contribution in [2.75, 3.05) is 34.0 Å². The molecule has 2 heterocycles. The standard InChI is InChI=1S/C19H23NO5S/c1-23-15-6-5-13(10-16(15)24-2)19-17(12-21)25-8-7-20(19)18(22)11-14-4-3-9-26-14/h3-6,9-10,17,19,21H,7-8,11-12H2,1-2H3/t17-,19-/m1/s1. The van der Waals surface area contributed by atoms with Crippen LogP contribution in [0.5, 0.6) is 11.5 Å². The number of ether oxygens (including phenoxy) is 3. The van der Waals surface area contributed by atoms with Gasteiger partial charge in [-0.15, -0.1) is 11.3 Å². The van der Waals surface area contributed by atoms with Gasteiger partial charge in [-0.05, 0) is 29.1 Å². The van der Waals surface area contributed by atoms with E-state index in [1.54, 1.807) is 36.5 Å². The van der Waals surface area contributed by atoms with Crippen LogP contribution in [0.1, 0.15) is 16.5 Å². The average Bonchev–Trinajstić information content (AvgIpc) is 3.19. The Hall–Kier alpha value is -2.09. The second kappa shape index (κ2) is 8.53. The van der Waals surface area contributed by atoms with E-state index in [-0.39, 0.29) is 18.6 Å². The molecule has 7 heteroatoms. The molecule has 0 unspecified atom stereocenters. The number of hydrogen-bond donors (Lipinski definition) is 1. The van der Waals surface area contributed by atoms with Gasteiger partial charge in [0.05, 0.1) is 39.9 Å². The van der Waals surface area contributed by atoms with Crippen LogP contribution in [0.4, 0.5) is 0 Å². The Labute approximate surface area is 156 Å². The monoisotopic (exact) mass is 377 g/mol.